The molecule has 4 nitrogen and oxygen atoms in total. The van der Waals surface area contributed by atoms with E-state index in [1.165, 1.54) is 32.1 Å². The van der Waals surface area contributed by atoms with Crippen LogP contribution in [0.1, 0.15) is 104 Å². The summed E-state index contributed by atoms with van der Waals surface area (Å²) in [5.74, 6) is 0. The molecule has 0 aliphatic rings. The molecule has 0 aliphatic heterocycles. The molecule has 0 radical (unpaired) electrons. The van der Waals surface area contributed by atoms with Gasteiger partial charge in [-0.2, -0.15) is 8.42 Å². The van der Waals surface area contributed by atoms with Gasteiger partial charge in [0.05, 0.1) is 6.10 Å². The molecule has 0 aromatic heterocycles. The van der Waals surface area contributed by atoms with Crippen LogP contribution in [0.5, 0.6) is 0 Å². The first-order valence-corrected chi connectivity index (χ1v) is 11.1. The molecular weight excluding hydrogens is 312 g/mol. The molecule has 2 atom stereocenters. The number of aliphatic hydroxyl groups excluding tert-OH is 1. The summed E-state index contributed by atoms with van der Waals surface area (Å²) in [6.45, 7) is 4.31. The Morgan fingerprint density at radius 3 is 1.57 bits per heavy atom. The molecule has 5 heteroatoms. The lowest BCUT2D eigenvalue weighted by Crippen LogP contribution is -2.33. The van der Waals surface area contributed by atoms with Crippen molar-refractivity contribution in [3.05, 3.63) is 0 Å². The average Bonchev–Trinajstić information content (AvgIpc) is 2.48. The van der Waals surface area contributed by atoms with Crippen LogP contribution in [-0.2, 0) is 10.1 Å². The maximum Gasteiger partial charge on any atom is 0.270 e. The van der Waals surface area contributed by atoms with Gasteiger partial charge >= 0.3 is 0 Å². The molecule has 2 unspecified atom stereocenters. The number of aliphatic hydroxyl groups is 1. The summed E-state index contributed by atoms with van der Waals surface area (Å²) in [5.41, 5.74) is 0. The standard InChI is InChI=1S/C18H38O4S/c1-3-5-7-9-10-11-12-14-16-18(23(20,21)22)17(19)15-13-8-6-4-2/h17-19H,3-16H2,1-2H3,(H,20,21,22). The predicted octanol–water partition coefficient (Wildman–Crippen LogP) is 5.10. The number of hydrogen-bond acceptors (Lipinski definition) is 3. The van der Waals surface area contributed by atoms with Gasteiger partial charge in [-0.15, -0.1) is 0 Å². The Hall–Kier alpha value is -0.130. The molecule has 0 rings (SSSR count). The highest BCUT2D eigenvalue weighted by Gasteiger charge is 2.29. The largest absolute Gasteiger partial charge is 0.392 e. The third-order valence-electron chi connectivity index (χ3n) is 4.51. The second-order valence-corrected chi connectivity index (χ2v) is 8.37. The van der Waals surface area contributed by atoms with Crippen molar-refractivity contribution < 1.29 is 18.1 Å². The summed E-state index contributed by atoms with van der Waals surface area (Å²) >= 11 is 0. The van der Waals surface area contributed by atoms with Crippen molar-refractivity contribution in [1.82, 2.24) is 0 Å². The second kappa shape index (κ2) is 14.2. The summed E-state index contributed by atoms with van der Waals surface area (Å²) in [6, 6.07) is 0. The van der Waals surface area contributed by atoms with E-state index in [9.17, 15) is 18.1 Å². The van der Waals surface area contributed by atoms with Gasteiger partial charge in [-0.05, 0) is 12.8 Å². The van der Waals surface area contributed by atoms with Crippen LogP contribution in [0.25, 0.3) is 0 Å². The SMILES string of the molecule is CCCCCCCCCCC(C(O)CCCCCC)S(=O)(=O)O. The molecule has 0 saturated heterocycles. The fourth-order valence-electron chi connectivity index (χ4n) is 2.99. The molecule has 0 aromatic carbocycles. The number of rotatable bonds is 16. The van der Waals surface area contributed by atoms with Gasteiger partial charge in [0.2, 0.25) is 0 Å². The average molecular weight is 351 g/mol. The van der Waals surface area contributed by atoms with Gasteiger partial charge in [0.25, 0.3) is 10.1 Å². The van der Waals surface area contributed by atoms with Crippen molar-refractivity contribution >= 4 is 10.1 Å². The second-order valence-electron chi connectivity index (χ2n) is 6.73. The van der Waals surface area contributed by atoms with Crippen LogP contribution >= 0.6 is 0 Å². The Morgan fingerprint density at radius 1 is 0.696 bits per heavy atom. The maximum atomic E-state index is 11.5. The summed E-state index contributed by atoms with van der Waals surface area (Å²) in [4.78, 5) is 0. The number of unbranched alkanes of at least 4 members (excludes halogenated alkanes) is 10. The Kier molecular flexibility index (Phi) is 14.2. The third-order valence-corrected chi connectivity index (χ3v) is 5.82. The molecule has 0 bridgehead atoms. The lowest BCUT2D eigenvalue weighted by atomic mass is 10.0. The van der Waals surface area contributed by atoms with Crippen LogP contribution in [0.3, 0.4) is 0 Å². The normalized spacial score (nSPS) is 14.8. The predicted molar refractivity (Wildman–Crippen MR) is 97.3 cm³/mol. The van der Waals surface area contributed by atoms with Crippen LogP contribution in [0.2, 0.25) is 0 Å². The molecular formula is C18H38O4S. The molecule has 140 valence electrons. The highest BCUT2D eigenvalue weighted by molar-refractivity contribution is 7.86. The van der Waals surface area contributed by atoms with Crippen molar-refractivity contribution in [2.75, 3.05) is 0 Å². The lowest BCUT2D eigenvalue weighted by Gasteiger charge is -2.20. The molecule has 0 spiro atoms. The lowest BCUT2D eigenvalue weighted by molar-refractivity contribution is 0.146. The van der Waals surface area contributed by atoms with Crippen molar-refractivity contribution in [3.63, 3.8) is 0 Å². The summed E-state index contributed by atoms with van der Waals surface area (Å²) < 4.78 is 32.4. The van der Waals surface area contributed by atoms with Gasteiger partial charge < -0.3 is 5.11 Å². The zero-order valence-corrected chi connectivity index (χ0v) is 16.0. The van der Waals surface area contributed by atoms with Gasteiger partial charge in [0, 0.05) is 0 Å². The summed E-state index contributed by atoms with van der Waals surface area (Å²) in [5, 5.41) is 9.09. The van der Waals surface area contributed by atoms with E-state index in [1.807, 2.05) is 0 Å². The number of hydrogen-bond donors (Lipinski definition) is 2. The van der Waals surface area contributed by atoms with Gasteiger partial charge in [-0.1, -0.05) is 90.9 Å². The summed E-state index contributed by atoms with van der Waals surface area (Å²) in [7, 11) is -4.16. The fourth-order valence-corrected chi connectivity index (χ4v) is 3.98. The zero-order valence-electron chi connectivity index (χ0n) is 15.2. The van der Waals surface area contributed by atoms with Gasteiger partial charge in [0.1, 0.15) is 5.25 Å². The van der Waals surface area contributed by atoms with E-state index >= 15 is 0 Å². The minimum Gasteiger partial charge on any atom is -0.392 e. The van der Waals surface area contributed by atoms with E-state index in [1.54, 1.807) is 0 Å². The van der Waals surface area contributed by atoms with Crippen LogP contribution in [0, 0.1) is 0 Å². The fraction of sp³-hybridized carbons (Fsp3) is 1.00. The molecule has 0 heterocycles. The first kappa shape index (κ1) is 22.9. The first-order valence-electron chi connectivity index (χ1n) is 9.57. The minimum atomic E-state index is -4.16. The Labute approximate surface area is 143 Å². The van der Waals surface area contributed by atoms with E-state index in [0.29, 0.717) is 12.8 Å². The molecule has 23 heavy (non-hydrogen) atoms. The highest BCUT2D eigenvalue weighted by atomic mass is 32.2. The first-order chi connectivity index (χ1) is 10.9. The third kappa shape index (κ3) is 12.9. The molecule has 0 aliphatic carbocycles. The van der Waals surface area contributed by atoms with Gasteiger partial charge in [0.15, 0.2) is 0 Å². The Bertz CT molecular complexity index is 354. The maximum absolute atomic E-state index is 11.5. The van der Waals surface area contributed by atoms with Crippen molar-refractivity contribution in [3.8, 4) is 0 Å². The molecule has 0 fully saturated rings. The quantitative estimate of drug-likeness (QED) is 0.300. The van der Waals surface area contributed by atoms with E-state index in [-0.39, 0.29) is 0 Å². The van der Waals surface area contributed by atoms with Crippen molar-refractivity contribution in [1.29, 1.82) is 0 Å². The van der Waals surface area contributed by atoms with Crippen LogP contribution < -0.4 is 0 Å². The van der Waals surface area contributed by atoms with E-state index in [2.05, 4.69) is 13.8 Å². The zero-order chi connectivity index (χ0) is 17.6. The van der Waals surface area contributed by atoms with E-state index in [4.69, 9.17) is 0 Å². The molecule has 0 amide bonds. The molecule has 0 saturated carbocycles. The van der Waals surface area contributed by atoms with Crippen LogP contribution in [0.15, 0.2) is 0 Å². The smallest absolute Gasteiger partial charge is 0.270 e. The topological polar surface area (TPSA) is 74.6 Å². The van der Waals surface area contributed by atoms with Crippen molar-refractivity contribution in [2.24, 2.45) is 0 Å². The van der Waals surface area contributed by atoms with Gasteiger partial charge in [-0.3, -0.25) is 4.55 Å². The Balaban J connectivity index is 3.97. The van der Waals surface area contributed by atoms with Gasteiger partial charge in [-0.25, -0.2) is 0 Å². The van der Waals surface area contributed by atoms with Crippen LogP contribution in [-0.4, -0.2) is 29.4 Å². The monoisotopic (exact) mass is 350 g/mol. The van der Waals surface area contributed by atoms with E-state index in [0.717, 1.165) is 44.9 Å². The van der Waals surface area contributed by atoms with Crippen molar-refractivity contribution in [2.45, 2.75) is 115 Å². The highest BCUT2D eigenvalue weighted by Crippen LogP contribution is 2.19. The van der Waals surface area contributed by atoms with E-state index < -0.39 is 21.5 Å². The molecule has 2 N–H and O–H groups in total. The minimum absolute atomic E-state index is 0.364. The molecule has 0 aromatic rings. The summed E-state index contributed by atoms with van der Waals surface area (Å²) in [6.07, 6.45) is 13.0. The van der Waals surface area contributed by atoms with Crippen LogP contribution in [0.4, 0.5) is 0 Å². The Morgan fingerprint density at radius 2 is 1.09 bits per heavy atom.